The maximum atomic E-state index is 12.8. The Morgan fingerprint density at radius 1 is 1.29 bits per heavy atom. The number of nitrogens with zero attached hydrogens (tertiary/aromatic N) is 1. The molecule has 1 amide bonds. The molecule has 1 aliphatic carbocycles. The molecule has 1 saturated carbocycles. The van der Waals surface area contributed by atoms with Gasteiger partial charge in [-0.15, -0.1) is 23.7 Å². The minimum atomic E-state index is -0.136. The number of aromatic nitrogens is 1. The van der Waals surface area contributed by atoms with Gasteiger partial charge >= 0.3 is 0 Å². The van der Waals surface area contributed by atoms with Crippen molar-refractivity contribution in [3.8, 4) is 0 Å². The van der Waals surface area contributed by atoms with Gasteiger partial charge in [-0.05, 0) is 43.3 Å². The zero-order chi connectivity index (χ0) is 15.7. The van der Waals surface area contributed by atoms with Gasteiger partial charge in [-0.3, -0.25) is 4.79 Å². The fourth-order valence-corrected chi connectivity index (χ4v) is 4.46. The summed E-state index contributed by atoms with van der Waals surface area (Å²) in [4.78, 5) is 17.2. The summed E-state index contributed by atoms with van der Waals surface area (Å²) in [7, 11) is 0. The lowest BCUT2D eigenvalue weighted by Crippen LogP contribution is -2.35. The minimum Gasteiger partial charge on any atom is -0.342 e. The Morgan fingerprint density at radius 2 is 2.04 bits per heavy atom. The second-order valence-corrected chi connectivity index (χ2v) is 7.52. The van der Waals surface area contributed by atoms with Crippen molar-refractivity contribution in [3.63, 3.8) is 0 Å². The van der Waals surface area contributed by atoms with Crippen molar-refractivity contribution in [3.05, 3.63) is 52.5 Å². The molecule has 2 atom stereocenters. The van der Waals surface area contributed by atoms with E-state index < -0.39 is 0 Å². The highest BCUT2D eigenvalue weighted by Gasteiger charge is 2.57. The van der Waals surface area contributed by atoms with Gasteiger partial charge in [0.25, 0.3) is 0 Å². The van der Waals surface area contributed by atoms with Crippen molar-refractivity contribution in [1.29, 1.82) is 0 Å². The monoisotopic (exact) mass is 363 g/mol. The predicted molar refractivity (Wildman–Crippen MR) is 98.4 cm³/mol. The molecule has 2 fully saturated rings. The van der Waals surface area contributed by atoms with Crippen LogP contribution in [0, 0.1) is 11.3 Å². The predicted octanol–water partition coefficient (Wildman–Crippen LogP) is 3.16. The SMILES string of the molecule is Cl.O=C(NC(c1ccccc1)c1nccs1)C1CC12CCNCC2. The van der Waals surface area contributed by atoms with Crippen LogP contribution in [0.2, 0.25) is 0 Å². The first-order valence-electron chi connectivity index (χ1n) is 8.24. The lowest BCUT2D eigenvalue weighted by atomic mass is 9.91. The number of halogens is 1. The molecule has 2 heterocycles. The van der Waals surface area contributed by atoms with Crippen LogP contribution < -0.4 is 10.6 Å². The van der Waals surface area contributed by atoms with E-state index in [0.29, 0.717) is 0 Å². The molecule has 1 aromatic carbocycles. The smallest absolute Gasteiger partial charge is 0.224 e. The summed E-state index contributed by atoms with van der Waals surface area (Å²) in [5.41, 5.74) is 1.36. The van der Waals surface area contributed by atoms with Crippen LogP contribution in [0.1, 0.15) is 35.9 Å². The molecule has 4 nitrogen and oxygen atoms in total. The Bertz CT molecular complexity index is 671. The Hall–Kier alpha value is -1.43. The second kappa shape index (κ2) is 7.21. The molecule has 2 N–H and O–H groups in total. The van der Waals surface area contributed by atoms with Crippen LogP contribution >= 0.6 is 23.7 Å². The molecule has 2 aromatic rings. The van der Waals surface area contributed by atoms with E-state index >= 15 is 0 Å². The molecule has 1 aliphatic heterocycles. The van der Waals surface area contributed by atoms with E-state index in [-0.39, 0.29) is 35.7 Å². The summed E-state index contributed by atoms with van der Waals surface area (Å²) < 4.78 is 0. The fraction of sp³-hybridized carbons (Fsp3) is 0.444. The van der Waals surface area contributed by atoms with Gasteiger partial charge in [0, 0.05) is 17.5 Å². The van der Waals surface area contributed by atoms with E-state index in [1.165, 1.54) is 0 Å². The lowest BCUT2D eigenvalue weighted by molar-refractivity contribution is -0.123. The van der Waals surface area contributed by atoms with Gasteiger partial charge in [0.1, 0.15) is 11.0 Å². The quantitative estimate of drug-likeness (QED) is 0.877. The van der Waals surface area contributed by atoms with E-state index in [0.717, 1.165) is 42.9 Å². The van der Waals surface area contributed by atoms with E-state index in [2.05, 4.69) is 27.8 Å². The van der Waals surface area contributed by atoms with Crippen LogP contribution in [0.15, 0.2) is 41.9 Å². The molecule has 0 bridgehead atoms. The molecule has 2 aliphatic rings. The number of nitrogens with one attached hydrogen (secondary N) is 2. The average molecular weight is 364 g/mol. The first kappa shape index (κ1) is 17.4. The first-order chi connectivity index (χ1) is 11.3. The summed E-state index contributed by atoms with van der Waals surface area (Å²) in [5, 5.41) is 9.56. The highest BCUT2D eigenvalue weighted by molar-refractivity contribution is 7.09. The van der Waals surface area contributed by atoms with Crippen LogP contribution in [-0.4, -0.2) is 24.0 Å². The van der Waals surface area contributed by atoms with Gasteiger partial charge in [-0.25, -0.2) is 4.98 Å². The number of thiazole rings is 1. The third-order valence-corrected chi connectivity index (χ3v) is 6.06. The van der Waals surface area contributed by atoms with Crippen molar-refractivity contribution in [2.24, 2.45) is 11.3 Å². The van der Waals surface area contributed by atoms with Crippen molar-refractivity contribution in [1.82, 2.24) is 15.6 Å². The number of rotatable bonds is 4. The van der Waals surface area contributed by atoms with Gasteiger partial charge in [-0.1, -0.05) is 30.3 Å². The van der Waals surface area contributed by atoms with E-state index in [1.807, 2.05) is 23.6 Å². The van der Waals surface area contributed by atoms with Gasteiger partial charge in [0.05, 0.1) is 0 Å². The van der Waals surface area contributed by atoms with Crippen LogP contribution in [0.5, 0.6) is 0 Å². The van der Waals surface area contributed by atoms with E-state index in [1.54, 1.807) is 17.5 Å². The summed E-state index contributed by atoms with van der Waals surface area (Å²) in [6.45, 7) is 2.08. The second-order valence-electron chi connectivity index (χ2n) is 6.59. The maximum absolute atomic E-state index is 12.8. The molecule has 6 heteroatoms. The number of hydrogen-bond donors (Lipinski definition) is 2. The van der Waals surface area contributed by atoms with Crippen molar-refractivity contribution in [2.45, 2.75) is 25.3 Å². The highest BCUT2D eigenvalue weighted by atomic mass is 35.5. The molecule has 24 heavy (non-hydrogen) atoms. The van der Waals surface area contributed by atoms with Gasteiger partial charge in [-0.2, -0.15) is 0 Å². The molecule has 128 valence electrons. The molecule has 2 unspecified atom stereocenters. The number of piperidine rings is 1. The van der Waals surface area contributed by atoms with Crippen molar-refractivity contribution < 1.29 is 4.79 Å². The van der Waals surface area contributed by atoms with Gasteiger partial charge < -0.3 is 10.6 Å². The highest BCUT2D eigenvalue weighted by Crippen LogP contribution is 2.58. The normalized spacial score (nSPS) is 22.4. The number of hydrogen-bond acceptors (Lipinski definition) is 4. The van der Waals surface area contributed by atoms with Gasteiger partial charge in [0.15, 0.2) is 0 Å². The molecular formula is C18H22ClN3OS. The molecule has 0 radical (unpaired) electrons. The maximum Gasteiger partial charge on any atom is 0.224 e. The molecule has 1 saturated heterocycles. The topological polar surface area (TPSA) is 54.0 Å². The van der Waals surface area contributed by atoms with Crippen LogP contribution in [0.3, 0.4) is 0 Å². The van der Waals surface area contributed by atoms with E-state index in [9.17, 15) is 4.79 Å². The number of benzene rings is 1. The van der Waals surface area contributed by atoms with E-state index in [4.69, 9.17) is 0 Å². The van der Waals surface area contributed by atoms with Gasteiger partial charge in [0.2, 0.25) is 5.91 Å². The largest absolute Gasteiger partial charge is 0.342 e. The first-order valence-corrected chi connectivity index (χ1v) is 9.12. The Labute approximate surface area is 152 Å². The molecule has 1 spiro atoms. The summed E-state index contributed by atoms with van der Waals surface area (Å²) in [6, 6.07) is 9.98. The van der Waals surface area contributed by atoms with Crippen LogP contribution in [0.25, 0.3) is 0 Å². The third-order valence-electron chi connectivity index (χ3n) is 5.22. The lowest BCUT2D eigenvalue weighted by Gasteiger charge is -2.24. The number of carbonyl (C=O) groups is 1. The molecule has 4 rings (SSSR count). The Kier molecular flexibility index (Phi) is 5.23. The van der Waals surface area contributed by atoms with Crippen molar-refractivity contribution >= 4 is 29.7 Å². The zero-order valence-electron chi connectivity index (χ0n) is 13.4. The zero-order valence-corrected chi connectivity index (χ0v) is 15.0. The van der Waals surface area contributed by atoms with Crippen LogP contribution in [0.4, 0.5) is 0 Å². The summed E-state index contributed by atoms with van der Waals surface area (Å²) in [5.74, 6) is 0.367. The number of amides is 1. The standard InChI is InChI=1S/C18H21N3OS.ClH/c22-16(14-12-18(14)6-8-19-9-7-18)21-15(17-20-10-11-23-17)13-4-2-1-3-5-13;/h1-5,10-11,14-15,19H,6-9,12H2,(H,21,22);1H. The van der Waals surface area contributed by atoms with Crippen molar-refractivity contribution in [2.75, 3.05) is 13.1 Å². The summed E-state index contributed by atoms with van der Waals surface area (Å²) in [6.07, 6.45) is 5.09. The Morgan fingerprint density at radius 3 is 2.71 bits per heavy atom. The summed E-state index contributed by atoms with van der Waals surface area (Å²) >= 11 is 1.59. The molecular weight excluding hydrogens is 342 g/mol. The minimum absolute atomic E-state index is 0. The number of carbonyl (C=O) groups excluding carboxylic acids is 1. The third kappa shape index (κ3) is 3.34. The van der Waals surface area contributed by atoms with Crippen LogP contribution in [-0.2, 0) is 4.79 Å². The fourth-order valence-electron chi connectivity index (χ4n) is 3.75. The Balaban J connectivity index is 0.00000169. The average Bonchev–Trinajstić information content (AvgIpc) is 3.04. The molecule has 1 aromatic heterocycles.